The van der Waals surface area contributed by atoms with Crippen molar-refractivity contribution >= 4 is 0 Å². The zero-order valence-corrected chi connectivity index (χ0v) is 8.95. The minimum atomic E-state index is 0.356. The lowest BCUT2D eigenvalue weighted by molar-refractivity contribution is 0.268. The molecular formula is C12H14N4. The smallest absolute Gasteiger partial charge is 0.0953 e. The molecule has 82 valence electrons. The number of imidazole rings is 1. The number of aromatic nitrogens is 3. The second kappa shape index (κ2) is 3.72. The molecule has 0 aromatic carbocycles. The van der Waals surface area contributed by atoms with Crippen molar-refractivity contribution in [3.8, 4) is 11.3 Å². The average Bonchev–Trinajstić information content (AvgIpc) is 2.74. The lowest BCUT2D eigenvalue weighted by Gasteiger charge is -2.34. The van der Waals surface area contributed by atoms with Crippen molar-refractivity contribution < 1.29 is 0 Å². The van der Waals surface area contributed by atoms with Gasteiger partial charge in [-0.15, -0.1) is 0 Å². The molecule has 2 heterocycles. The summed E-state index contributed by atoms with van der Waals surface area (Å²) in [7, 11) is 0. The zero-order chi connectivity index (χ0) is 11.0. The van der Waals surface area contributed by atoms with Gasteiger partial charge in [-0.05, 0) is 25.0 Å². The van der Waals surface area contributed by atoms with Crippen LogP contribution in [0.1, 0.15) is 18.9 Å². The molecule has 0 bridgehead atoms. The Bertz CT molecular complexity index is 471. The van der Waals surface area contributed by atoms with Gasteiger partial charge >= 0.3 is 0 Å². The highest BCUT2D eigenvalue weighted by Gasteiger charge is 2.28. The summed E-state index contributed by atoms with van der Waals surface area (Å²) in [5.41, 5.74) is 8.06. The fourth-order valence-corrected chi connectivity index (χ4v) is 2.19. The molecule has 0 atom stereocenters. The highest BCUT2D eigenvalue weighted by molar-refractivity contribution is 5.57. The van der Waals surface area contributed by atoms with E-state index in [9.17, 15) is 0 Å². The van der Waals surface area contributed by atoms with E-state index in [1.807, 2.05) is 24.8 Å². The Morgan fingerprint density at radius 2 is 2.12 bits per heavy atom. The first-order chi connectivity index (χ1) is 7.84. The summed E-state index contributed by atoms with van der Waals surface area (Å²) in [5, 5.41) is 0. The highest BCUT2D eigenvalue weighted by atomic mass is 15.1. The number of hydrogen-bond donors (Lipinski definition) is 1. The van der Waals surface area contributed by atoms with Crippen molar-refractivity contribution in [2.45, 2.75) is 24.9 Å². The second-order valence-electron chi connectivity index (χ2n) is 4.31. The average molecular weight is 214 g/mol. The Labute approximate surface area is 94.1 Å². The van der Waals surface area contributed by atoms with E-state index >= 15 is 0 Å². The van der Waals surface area contributed by atoms with Gasteiger partial charge in [0, 0.05) is 30.0 Å². The van der Waals surface area contributed by atoms with Crippen LogP contribution in [0.3, 0.4) is 0 Å². The van der Waals surface area contributed by atoms with Crippen LogP contribution in [0, 0.1) is 0 Å². The maximum atomic E-state index is 5.82. The largest absolute Gasteiger partial charge is 0.328 e. The zero-order valence-electron chi connectivity index (χ0n) is 8.95. The fraction of sp³-hybridized carbons (Fsp3) is 0.333. The molecule has 2 N–H and O–H groups in total. The first-order valence-electron chi connectivity index (χ1n) is 5.52. The van der Waals surface area contributed by atoms with E-state index in [0.717, 1.165) is 24.1 Å². The van der Waals surface area contributed by atoms with E-state index in [0.29, 0.717) is 12.1 Å². The molecule has 2 aromatic rings. The summed E-state index contributed by atoms with van der Waals surface area (Å²) in [5.74, 6) is 0. The van der Waals surface area contributed by atoms with Gasteiger partial charge in [0.05, 0.1) is 18.2 Å². The number of hydrogen-bond acceptors (Lipinski definition) is 3. The highest BCUT2D eigenvalue weighted by Crippen LogP contribution is 2.34. The molecule has 1 saturated carbocycles. The maximum Gasteiger partial charge on any atom is 0.0953 e. The number of nitrogens with zero attached hydrogens (tertiary/aromatic N) is 3. The SMILES string of the molecule is NC1CC(n2cncc2-c2cccnc2)C1. The third-order valence-corrected chi connectivity index (χ3v) is 3.17. The Hall–Kier alpha value is -1.68. The monoisotopic (exact) mass is 214 g/mol. The minimum absolute atomic E-state index is 0.356. The third-order valence-electron chi connectivity index (χ3n) is 3.17. The Morgan fingerprint density at radius 1 is 1.25 bits per heavy atom. The molecule has 0 saturated heterocycles. The van der Waals surface area contributed by atoms with E-state index < -0.39 is 0 Å². The van der Waals surface area contributed by atoms with Crippen LogP contribution in [0.25, 0.3) is 11.3 Å². The molecule has 0 aliphatic heterocycles. The molecule has 1 aliphatic carbocycles. The number of nitrogens with two attached hydrogens (primary N) is 1. The van der Waals surface area contributed by atoms with E-state index in [1.165, 1.54) is 0 Å². The molecular weight excluding hydrogens is 200 g/mol. The van der Waals surface area contributed by atoms with Crippen LogP contribution in [-0.2, 0) is 0 Å². The van der Waals surface area contributed by atoms with Gasteiger partial charge < -0.3 is 10.3 Å². The van der Waals surface area contributed by atoms with Crippen LogP contribution in [0.2, 0.25) is 0 Å². The summed E-state index contributed by atoms with van der Waals surface area (Å²) in [6.07, 6.45) is 9.52. The predicted molar refractivity (Wildman–Crippen MR) is 61.7 cm³/mol. The minimum Gasteiger partial charge on any atom is -0.328 e. The van der Waals surface area contributed by atoms with Crippen molar-refractivity contribution in [2.24, 2.45) is 5.73 Å². The van der Waals surface area contributed by atoms with Crippen molar-refractivity contribution in [1.29, 1.82) is 0 Å². The van der Waals surface area contributed by atoms with Gasteiger partial charge in [0.25, 0.3) is 0 Å². The molecule has 1 aliphatic rings. The van der Waals surface area contributed by atoms with Gasteiger partial charge in [-0.1, -0.05) is 0 Å². The van der Waals surface area contributed by atoms with Gasteiger partial charge in [-0.3, -0.25) is 4.98 Å². The molecule has 1 fully saturated rings. The summed E-state index contributed by atoms with van der Waals surface area (Å²) in [4.78, 5) is 8.35. The quantitative estimate of drug-likeness (QED) is 0.826. The summed E-state index contributed by atoms with van der Waals surface area (Å²) < 4.78 is 2.21. The fourth-order valence-electron chi connectivity index (χ4n) is 2.19. The van der Waals surface area contributed by atoms with Crippen molar-refractivity contribution in [3.63, 3.8) is 0 Å². The normalized spacial score (nSPS) is 24.1. The van der Waals surface area contributed by atoms with Crippen LogP contribution < -0.4 is 5.73 Å². The molecule has 2 aromatic heterocycles. The van der Waals surface area contributed by atoms with Crippen LogP contribution in [0.15, 0.2) is 37.1 Å². The lowest BCUT2D eigenvalue weighted by atomic mass is 9.87. The van der Waals surface area contributed by atoms with Gasteiger partial charge in [0.1, 0.15) is 0 Å². The Kier molecular flexibility index (Phi) is 2.22. The molecule has 0 spiro atoms. The summed E-state index contributed by atoms with van der Waals surface area (Å²) in [6, 6.07) is 4.86. The van der Waals surface area contributed by atoms with Crippen LogP contribution >= 0.6 is 0 Å². The molecule has 16 heavy (non-hydrogen) atoms. The Balaban J connectivity index is 1.94. The number of pyridine rings is 1. The van der Waals surface area contributed by atoms with Crippen molar-refractivity contribution in [2.75, 3.05) is 0 Å². The van der Waals surface area contributed by atoms with E-state index in [-0.39, 0.29) is 0 Å². The molecule has 0 unspecified atom stereocenters. The molecule has 3 rings (SSSR count). The van der Waals surface area contributed by atoms with E-state index in [2.05, 4.69) is 20.6 Å². The van der Waals surface area contributed by atoms with E-state index in [1.54, 1.807) is 6.20 Å². The second-order valence-corrected chi connectivity index (χ2v) is 4.31. The molecule has 0 amide bonds. The predicted octanol–water partition coefficient (Wildman–Crippen LogP) is 1.61. The first kappa shape index (κ1) is 9.54. The summed E-state index contributed by atoms with van der Waals surface area (Å²) >= 11 is 0. The molecule has 4 nitrogen and oxygen atoms in total. The van der Waals surface area contributed by atoms with Crippen molar-refractivity contribution in [3.05, 3.63) is 37.1 Å². The first-order valence-corrected chi connectivity index (χ1v) is 5.52. The summed E-state index contributed by atoms with van der Waals surface area (Å²) in [6.45, 7) is 0. The lowest BCUT2D eigenvalue weighted by Crippen LogP contribution is -2.37. The van der Waals surface area contributed by atoms with Gasteiger partial charge in [0.2, 0.25) is 0 Å². The molecule has 4 heteroatoms. The van der Waals surface area contributed by atoms with E-state index in [4.69, 9.17) is 5.73 Å². The molecule has 0 radical (unpaired) electrons. The van der Waals surface area contributed by atoms with Crippen molar-refractivity contribution in [1.82, 2.24) is 14.5 Å². The number of rotatable bonds is 2. The third kappa shape index (κ3) is 1.51. The van der Waals surface area contributed by atoms with Crippen LogP contribution in [0.5, 0.6) is 0 Å². The van der Waals surface area contributed by atoms with Gasteiger partial charge in [-0.2, -0.15) is 0 Å². The van der Waals surface area contributed by atoms with Gasteiger partial charge in [0.15, 0.2) is 0 Å². The van der Waals surface area contributed by atoms with Crippen LogP contribution in [-0.4, -0.2) is 20.6 Å². The topological polar surface area (TPSA) is 56.7 Å². The standard InChI is InChI=1S/C12H14N4/c13-10-4-11(5-10)16-8-15-7-12(16)9-2-1-3-14-6-9/h1-3,6-8,10-11H,4-5,13H2. The van der Waals surface area contributed by atoms with Gasteiger partial charge in [-0.25, -0.2) is 4.98 Å². The van der Waals surface area contributed by atoms with Crippen LogP contribution in [0.4, 0.5) is 0 Å². The maximum absolute atomic E-state index is 5.82. The Morgan fingerprint density at radius 3 is 2.81 bits per heavy atom.